The van der Waals surface area contributed by atoms with Crippen LogP contribution in [0.15, 0.2) is 18.5 Å². The van der Waals surface area contributed by atoms with Crippen LogP contribution in [0.1, 0.15) is 41.7 Å². The first-order valence-electron chi connectivity index (χ1n) is 9.12. The molecule has 1 amide bonds. The molecule has 1 aliphatic carbocycles. The molecule has 3 heterocycles. The summed E-state index contributed by atoms with van der Waals surface area (Å²) in [6.45, 7) is 3.88. The Morgan fingerprint density at radius 2 is 2.12 bits per heavy atom. The van der Waals surface area contributed by atoms with E-state index in [1.807, 2.05) is 13.0 Å². The zero-order valence-corrected chi connectivity index (χ0v) is 14.5. The van der Waals surface area contributed by atoms with Crippen LogP contribution in [0, 0.1) is 18.8 Å². The zero-order chi connectivity index (χ0) is 17.4. The summed E-state index contributed by atoms with van der Waals surface area (Å²) < 4.78 is 1.70. The van der Waals surface area contributed by atoms with Crippen LogP contribution in [-0.2, 0) is 0 Å². The average Bonchev–Trinajstić information content (AvgIpc) is 3.08. The summed E-state index contributed by atoms with van der Waals surface area (Å²) in [6.07, 6.45) is 6.80. The number of aliphatic hydroxyl groups excluding tert-OH is 1. The third-order valence-electron chi connectivity index (χ3n) is 5.75. The Morgan fingerprint density at radius 1 is 1.36 bits per heavy atom. The van der Waals surface area contributed by atoms with Crippen LogP contribution >= 0.6 is 0 Å². The SMILES string of the molecule is Cc1c(C(=O)N[C@@H](C2CCNCC2)C2CC(O)C2)cnc2ccnn12. The highest BCUT2D eigenvalue weighted by Gasteiger charge is 2.39. The molecule has 0 radical (unpaired) electrons. The number of aromatic nitrogens is 3. The van der Waals surface area contributed by atoms with Gasteiger partial charge in [-0.3, -0.25) is 4.79 Å². The lowest BCUT2D eigenvalue weighted by molar-refractivity contribution is 0.00916. The van der Waals surface area contributed by atoms with E-state index < -0.39 is 0 Å². The fraction of sp³-hybridized carbons (Fsp3) is 0.611. The van der Waals surface area contributed by atoms with Crippen LogP contribution in [0.2, 0.25) is 0 Å². The highest BCUT2D eigenvalue weighted by molar-refractivity contribution is 5.95. The molecule has 0 unspecified atom stereocenters. The third kappa shape index (κ3) is 3.14. The van der Waals surface area contributed by atoms with Crippen molar-refractivity contribution in [2.45, 2.75) is 44.8 Å². The minimum atomic E-state index is -0.213. The predicted octanol–water partition coefficient (Wildman–Crippen LogP) is 0.907. The van der Waals surface area contributed by atoms with Gasteiger partial charge in [0.25, 0.3) is 5.91 Å². The number of aryl methyl sites for hydroxylation is 1. The van der Waals surface area contributed by atoms with Crippen molar-refractivity contribution in [3.05, 3.63) is 29.7 Å². The lowest BCUT2D eigenvalue weighted by atomic mass is 9.71. The van der Waals surface area contributed by atoms with Gasteiger partial charge in [0.05, 0.1) is 23.6 Å². The van der Waals surface area contributed by atoms with Crippen molar-refractivity contribution in [2.75, 3.05) is 13.1 Å². The summed E-state index contributed by atoms with van der Waals surface area (Å²) >= 11 is 0. The van der Waals surface area contributed by atoms with Gasteiger partial charge in [-0.2, -0.15) is 5.10 Å². The Hall–Kier alpha value is -1.99. The van der Waals surface area contributed by atoms with E-state index in [0.717, 1.165) is 50.1 Å². The molecule has 0 bridgehead atoms. The van der Waals surface area contributed by atoms with Crippen LogP contribution in [0.25, 0.3) is 5.65 Å². The molecule has 1 saturated carbocycles. The van der Waals surface area contributed by atoms with Crippen molar-refractivity contribution >= 4 is 11.6 Å². The van der Waals surface area contributed by atoms with E-state index in [1.54, 1.807) is 16.9 Å². The molecular weight excluding hydrogens is 318 g/mol. The second-order valence-corrected chi connectivity index (χ2v) is 7.33. The van der Waals surface area contributed by atoms with Crippen LogP contribution in [-0.4, -0.2) is 50.8 Å². The van der Waals surface area contributed by atoms with Crippen LogP contribution in [0.4, 0.5) is 0 Å². The summed E-state index contributed by atoms with van der Waals surface area (Å²) in [5.74, 6) is 0.737. The number of nitrogens with one attached hydrogen (secondary N) is 2. The van der Waals surface area contributed by atoms with E-state index in [0.29, 0.717) is 17.4 Å². The van der Waals surface area contributed by atoms with E-state index in [9.17, 15) is 9.90 Å². The molecule has 4 rings (SSSR count). The van der Waals surface area contributed by atoms with Gasteiger partial charge in [0.1, 0.15) is 0 Å². The highest BCUT2D eigenvalue weighted by atomic mass is 16.3. The van der Waals surface area contributed by atoms with E-state index in [2.05, 4.69) is 20.7 Å². The lowest BCUT2D eigenvalue weighted by Gasteiger charge is -2.43. The number of amides is 1. The third-order valence-corrected chi connectivity index (χ3v) is 5.75. The molecule has 1 aliphatic heterocycles. The standard InChI is InChI=1S/C18H25N5O2/c1-11-15(10-20-16-4-7-21-23(11)16)18(25)22-17(13-8-14(24)9-13)12-2-5-19-6-3-12/h4,7,10,12-14,17,19,24H,2-3,5-6,8-9H2,1H3,(H,22,25)/t13?,14?,17-/m0/s1. The Morgan fingerprint density at radius 3 is 2.84 bits per heavy atom. The first-order valence-corrected chi connectivity index (χ1v) is 9.12. The van der Waals surface area contributed by atoms with Crippen molar-refractivity contribution in [2.24, 2.45) is 11.8 Å². The van der Waals surface area contributed by atoms with Gasteiger partial charge in [-0.25, -0.2) is 9.50 Å². The second kappa shape index (κ2) is 6.72. The number of aliphatic hydroxyl groups is 1. The van der Waals surface area contributed by atoms with Crippen molar-refractivity contribution in [1.29, 1.82) is 0 Å². The van der Waals surface area contributed by atoms with Gasteiger partial charge >= 0.3 is 0 Å². The molecule has 2 aliphatic rings. The largest absolute Gasteiger partial charge is 0.393 e. The van der Waals surface area contributed by atoms with E-state index in [-0.39, 0.29) is 18.1 Å². The number of carbonyl (C=O) groups is 1. The molecule has 7 heteroatoms. The van der Waals surface area contributed by atoms with Gasteiger partial charge in [0.15, 0.2) is 5.65 Å². The molecule has 1 atom stereocenters. The van der Waals surface area contributed by atoms with Crippen LogP contribution in [0.5, 0.6) is 0 Å². The van der Waals surface area contributed by atoms with Gasteiger partial charge < -0.3 is 15.7 Å². The number of hydrogen-bond acceptors (Lipinski definition) is 5. The molecule has 25 heavy (non-hydrogen) atoms. The fourth-order valence-electron chi connectivity index (χ4n) is 4.19. The van der Waals surface area contributed by atoms with Crippen LogP contribution in [0.3, 0.4) is 0 Å². The zero-order valence-electron chi connectivity index (χ0n) is 14.5. The molecule has 0 spiro atoms. The fourth-order valence-corrected chi connectivity index (χ4v) is 4.19. The first kappa shape index (κ1) is 16.5. The van der Waals surface area contributed by atoms with Gasteiger partial charge in [-0.05, 0) is 57.5 Å². The quantitative estimate of drug-likeness (QED) is 0.767. The van der Waals surface area contributed by atoms with Gasteiger partial charge in [-0.1, -0.05) is 0 Å². The number of carbonyl (C=O) groups excluding carboxylic acids is 1. The molecule has 2 aromatic rings. The Balaban J connectivity index is 1.55. The average molecular weight is 343 g/mol. The summed E-state index contributed by atoms with van der Waals surface area (Å²) in [7, 11) is 0. The number of rotatable bonds is 4. The van der Waals surface area contributed by atoms with Crippen molar-refractivity contribution < 1.29 is 9.90 Å². The molecule has 0 aromatic carbocycles. The summed E-state index contributed by atoms with van der Waals surface area (Å²) in [6, 6.07) is 1.94. The van der Waals surface area contributed by atoms with Gasteiger partial charge in [0, 0.05) is 18.3 Å². The maximum atomic E-state index is 12.9. The highest BCUT2D eigenvalue weighted by Crippen LogP contribution is 2.36. The lowest BCUT2D eigenvalue weighted by Crippen LogP contribution is -2.53. The molecule has 134 valence electrons. The first-order chi connectivity index (χ1) is 12.1. The molecule has 7 nitrogen and oxygen atoms in total. The minimum absolute atomic E-state index is 0.0904. The van der Waals surface area contributed by atoms with Gasteiger partial charge in [0.2, 0.25) is 0 Å². The maximum Gasteiger partial charge on any atom is 0.254 e. The van der Waals surface area contributed by atoms with E-state index in [4.69, 9.17) is 0 Å². The molecule has 3 N–H and O–H groups in total. The number of nitrogens with zero attached hydrogens (tertiary/aromatic N) is 3. The number of piperidine rings is 1. The van der Waals surface area contributed by atoms with E-state index in [1.165, 1.54) is 0 Å². The predicted molar refractivity (Wildman–Crippen MR) is 93.3 cm³/mol. The van der Waals surface area contributed by atoms with Crippen LogP contribution < -0.4 is 10.6 Å². The Bertz CT molecular complexity index is 762. The molecule has 2 aromatic heterocycles. The topological polar surface area (TPSA) is 91.5 Å². The van der Waals surface area contributed by atoms with Crippen molar-refractivity contribution in [1.82, 2.24) is 25.2 Å². The number of fused-ring (bicyclic) bond motifs is 1. The maximum absolute atomic E-state index is 12.9. The second-order valence-electron chi connectivity index (χ2n) is 7.33. The molecule has 2 fully saturated rings. The number of hydrogen-bond donors (Lipinski definition) is 3. The summed E-state index contributed by atoms with van der Waals surface area (Å²) in [5.41, 5.74) is 2.10. The minimum Gasteiger partial charge on any atom is -0.393 e. The van der Waals surface area contributed by atoms with Crippen molar-refractivity contribution in [3.8, 4) is 0 Å². The van der Waals surface area contributed by atoms with Gasteiger partial charge in [-0.15, -0.1) is 0 Å². The summed E-state index contributed by atoms with van der Waals surface area (Å²) in [4.78, 5) is 17.3. The van der Waals surface area contributed by atoms with Crippen molar-refractivity contribution in [3.63, 3.8) is 0 Å². The Labute approximate surface area is 146 Å². The normalized spacial score (nSPS) is 25.5. The van der Waals surface area contributed by atoms with E-state index >= 15 is 0 Å². The Kier molecular flexibility index (Phi) is 4.43. The molecule has 1 saturated heterocycles. The summed E-state index contributed by atoms with van der Waals surface area (Å²) in [5, 5.41) is 20.6. The smallest absolute Gasteiger partial charge is 0.254 e. The monoisotopic (exact) mass is 343 g/mol. The molecular formula is C18H25N5O2.